The third-order valence-corrected chi connectivity index (χ3v) is 0.444. The second-order valence-corrected chi connectivity index (χ2v) is 0.897. The van der Waals surface area contributed by atoms with Crippen molar-refractivity contribution < 1.29 is 71.2 Å². The van der Waals surface area contributed by atoms with Crippen LogP contribution in [0.5, 0.6) is 0 Å². The van der Waals surface area contributed by atoms with Gasteiger partial charge in [-0.25, -0.2) is 0 Å². The molecule has 0 saturated carbocycles. The predicted octanol–water partition coefficient (Wildman–Crippen LogP) is -3.51. The van der Waals surface area contributed by atoms with E-state index in [0.29, 0.717) is 0 Å². The van der Waals surface area contributed by atoms with Crippen LogP contribution in [0.3, 0.4) is 0 Å². The van der Waals surface area contributed by atoms with Crippen molar-refractivity contribution in [3.05, 3.63) is 0 Å². The zero-order valence-electron chi connectivity index (χ0n) is 5.38. The van der Waals surface area contributed by atoms with E-state index in [2.05, 4.69) is 4.74 Å². The van der Waals surface area contributed by atoms with Crippen LogP contribution in [0.15, 0.2) is 0 Å². The maximum Gasteiger partial charge on any atom is 1.00 e. The van der Waals surface area contributed by atoms with E-state index in [-0.39, 0.29) is 63.3 Å². The quantitative estimate of drug-likeness (QED) is 0.180. The normalized spacial score (nSPS) is 5.89. The van der Waals surface area contributed by atoms with Crippen LogP contribution >= 0.6 is 0 Å². The number of hydrogen-bond donors (Lipinski definition) is 0. The zero-order chi connectivity index (χ0) is 5.70. The fraction of sp³-hybridized carbons (Fsp3) is 0.500. The van der Waals surface area contributed by atoms with E-state index < -0.39 is 5.97 Å². The second-order valence-electron chi connectivity index (χ2n) is 0.897. The van der Waals surface area contributed by atoms with Crippen molar-refractivity contribution >= 4 is 12.3 Å². The van der Waals surface area contributed by atoms with Gasteiger partial charge in [0.1, 0.15) is 0 Å². The molecule has 0 radical (unpaired) electrons. The van der Waals surface area contributed by atoms with Gasteiger partial charge in [0, 0.05) is 0 Å². The van der Waals surface area contributed by atoms with Crippen molar-refractivity contribution in [2.45, 2.75) is 6.42 Å². The third-order valence-electron chi connectivity index (χ3n) is 0.444. The van der Waals surface area contributed by atoms with Crippen LogP contribution in [0.2, 0.25) is 0 Å². The molecule has 0 aliphatic carbocycles. The Balaban J connectivity index is -0.000000180. The molecule has 0 atom stereocenters. The SMILES string of the molecule is COC(=O)C[C-]=O.[K+].[OH-]. The Morgan fingerprint density at radius 3 is 2.22 bits per heavy atom. The van der Waals surface area contributed by atoms with E-state index in [4.69, 9.17) is 0 Å². The topological polar surface area (TPSA) is 73.4 Å². The van der Waals surface area contributed by atoms with Gasteiger partial charge in [-0.1, -0.05) is 6.42 Å². The summed E-state index contributed by atoms with van der Waals surface area (Å²) < 4.78 is 4.09. The van der Waals surface area contributed by atoms with Gasteiger partial charge in [-0.05, 0) is 0 Å². The molecule has 9 heavy (non-hydrogen) atoms. The molecule has 0 rings (SSSR count). The van der Waals surface area contributed by atoms with Crippen LogP contribution in [0.25, 0.3) is 0 Å². The van der Waals surface area contributed by atoms with E-state index >= 15 is 0 Å². The standard InChI is InChI=1S/C4H5O3.K.H2O/c1-7-4(6)2-3-5;;/h2H2,1H3;;1H2/q-1;+1;/p-1. The van der Waals surface area contributed by atoms with Gasteiger partial charge in [-0.3, -0.25) is 11.1 Å². The second kappa shape index (κ2) is 11.5. The first-order valence-corrected chi connectivity index (χ1v) is 1.73. The molecule has 1 N–H and O–H groups in total. The Labute approximate surface area is 95.7 Å². The summed E-state index contributed by atoms with van der Waals surface area (Å²) in [6.45, 7) is 0. The molecule has 4 nitrogen and oxygen atoms in total. The number of ether oxygens (including phenoxy) is 1. The molecular formula is C4H6KO4-. The van der Waals surface area contributed by atoms with Crippen molar-refractivity contribution in [3.8, 4) is 0 Å². The zero-order valence-corrected chi connectivity index (χ0v) is 8.50. The average molecular weight is 157 g/mol. The molecule has 0 saturated heterocycles. The largest absolute Gasteiger partial charge is 1.00 e. The third kappa shape index (κ3) is 12.0. The maximum absolute atomic E-state index is 9.93. The molecule has 0 heterocycles. The Kier molecular flexibility index (Phi) is 21.0. The van der Waals surface area contributed by atoms with Crippen molar-refractivity contribution in [2.24, 2.45) is 0 Å². The van der Waals surface area contributed by atoms with Crippen molar-refractivity contribution in [3.63, 3.8) is 0 Å². The summed E-state index contributed by atoms with van der Waals surface area (Å²) in [4.78, 5) is 19.3. The van der Waals surface area contributed by atoms with Gasteiger partial charge in [0.05, 0.1) is 7.11 Å². The van der Waals surface area contributed by atoms with Crippen LogP contribution in [-0.4, -0.2) is 24.8 Å². The molecule has 0 unspecified atom stereocenters. The van der Waals surface area contributed by atoms with E-state index in [1.165, 1.54) is 13.4 Å². The first-order chi connectivity index (χ1) is 3.31. The summed E-state index contributed by atoms with van der Waals surface area (Å²) in [6.07, 6.45) is 1.13. The van der Waals surface area contributed by atoms with Crippen LogP contribution in [0.4, 0.5) is 0 Å². The minimum Gasteiger partial charge on any atom is -0.870 e. The van der Waals surface area contributed by atoms with Crippen molar-refractivity contribution in [1.82, 2.24) is 0 Å². The van der Waals surface area contributed by atoms with E-state index in [1.807, 2.05) is 0 Å². The number of carbonyl (C=O) groups excluding carboxylic acids is 2. The van der Waals surface area contributed by atoms with E-state index in [9.17, 15) is 9.59 Å². The fourth-order valence-corrected chi connectivity index (χ4v) is 0.131. The Bertz CT molecular complexity index is 82.6. The first-order valence-electron chi connectivity index (χ1n) is 1.73. The van der Waals surface area contributed by atoms with Crippen LogP contribution in [-0.2, 0) is 14.3 Å². The Morgan fingerprint density at radius 2 is 2.11 bits per heavy atom. The Morgan fingerprint density at radius 1 is 1.67 bits per heavy atom. The summed E-state index contributed by atoms with van der Waals surface area (Å²) in [5.41, 5.74) is 0. The number of methoxy groups -OCH3 is 1. The summed E-state index contributed by atoms with van der Waals surface area (Å²) >= 11 is 0. The molecule has 0 fully saturated rings. The van der Waals surface area contributed by atoms with Gasteiger partial charge >= 0.3 is 51.4 Å². The molecule has 0 bridgehead atoms. The molecular weight excluding hydrogens is 151 g/mol. The van der Waals surface area contributed by atoms with Gasteiger partial charge in [0.15, 0.2) is 0 Å². The van der Waals surface area contributed by atoms with Crippen molar-refractivity contribution in [1.29, 1.82) is 0 Å². The van der Waals surface area contributed by atoms with Gasteiger partial charge in [0.25, 0.3) is 5.97 Å². The average Bonchev–Trinajstić information content (AvgIpc) is 1.68. The van der Waals surface area contributed by atoms with Gasteiger partial charge in [-0.15, -0.1) is 0 Å². The number of carbonyl (C=O) groups is 1. The Hall–Kier alpha value is 0.736. The smallest absolute Gasteiger partial charge is 0.870 e. The fourth-order valence-electron chi connectivity index (χ4n) is 0.131. The molecule has 5 heteroatoms. The molecule has 0 aliphatic heterocycles. The number of esters is 1. The maximum atomic E-state index is 9.93. The molecule has 0 aromatic heterocycles. The summed E-state index contributed by atoms with van der Waals surface area (Å²) in [5, 5.41) is 0. The minimum atomic E-state index is -0.546. The number of hydrogen-bond acceptors (Lipinski definition) is 4. The monoisotopic (exact) mass is 157 g/mol. The molecule has 0 aromatic rings. The van der Waals surface area contributed by atoms with E-state index in [1.54, 1.807) is 0 Å². The van der Waals surface area contributed by atoms with Crippen LogP contribution in [0, 0.1) is 0 Å². The van der Waals surface area contributed by atoms with Crippen molar-refractivity contribution in [2.75, 3.05) is 7.11 Å². The summed E-state index contributed by atoms with van der Waals surface area (Å²) in [6, 6.07) is 0. The van der Waals surface area contributed by atoms with Gasteiger partial charge < -0.3 is 15.0 Å². The minimum absolute atomic E-state index is 0. The summed E-state index contributed by atoms with van der Waals surface area (Å²) in [7, 11) is 1.22. The molecule has 0 aromatic carbocycles. The number of rotatable bonds is 2. The van der Waals surface area contributed by atoms with Gasteiger partial charge in [0.2, 0.25) is 0 Å². The van der Waals surface area contributed by atoms with Crippen LogP contribution < -0.4 is 51.4 Å². The molecule has 48 valence electrons. The molecule has 0 spiro atoms. The van der Waals surface area contributed by atoms with E-state index in [0.717, 1.165) is 0 Å². The predicted molar refractivity (Wildman–Crippen MR) is 24.3 cm³/mol. The molecule has 0 amide bonds. The summed E-state index contributed by atoms with van der Waals surface area (Å²) in [5.74, 6) is -0.546. The van der Waals surface area contributed by atoms with Gasteiger partial charge in [-0.2, -0.15) is 0 Å². The van der Waals surface area contributed by atoms with Crippen LogP contribution in [0.1, 0.15) is 6.42 Å². The first kappa shape index (κ1) is 16.4. The molecule has 0 aliphatic rings.